The first-order chi connectivity index (χ1) is 16.6. The number of methoxy groups -OCH3 is 1. The number of carbonyl (C=O) groups is 2. The van der Waals surface area contributed by atoms with Gasteiger partial charge >= 0.3 is 6.03 Å². The van der Waals surface area contributed by atoms with Crippen LogP contribution in [0.4, 0.5) is 10.5 Å². The molecule has 35 heavy (non-hydrogen) atoms. The minimum atomic E-state index is -2.99. The topological polar surface area (TPSA) is 96.0 Å². The van der Waals surface area contributed by atoms with Crippen LogP contribution >= 0.6 is 0 Å². The van der Waals surface area contributed by atoms with Crippen molar-refractivity contribution in [3.8, 4) is 5.75 Å². The summed E-state index contributed by atoms with van der Waals surface area (Å²) in [6, 6.07) is 7.09. The van der Waals surface area contributed by atoms with Gasteiger partial charge in [0.1, 0.15) is 15.6 Å². The van der Waals surface area contributed by atoms with E-state index in [9.17, 15) is 18.0 Å². The van der Waals surface area contributed by atoms with E-state index < -0.39 is 9.84 Å². The number of carbonyl (C=O) groups excluding carboxylic acids is 2. The van der Waals surface area contributed by atoms with Gasteiger partial charge in [-0.05, 0) is 75.8 Å². The molecule has 1 aromatic rings. The summed E-state index contributed by atoms with van der Waals surface area (Å²) in [6.07, 6.45) is 7.37. The maximum Gasteiger partial charge on any atom is 0.322 e. The summed E-state index contributed by atoms with van der Waals surface area (Å²) in [5.74, 6) is 1.65. The van der Waals surface area contributed by atoms with Gasteiger partial charge in [-0.15, -0.1) is 0 Å². The summed E-state index contributed by atoms with van der Waals surface area (Å²) < 4.78 is 29.3. The Kier molecular flexibility index (Phi) is 7.64. The molecule has 1 N–H and O–H groups in total. The first-order valence-electron chi connectivity index (χ1n) is 12.8. The smallest absolute Gasteiger partial charge is 0.322 e. The number of hydrogen-bond donors (Lipinski definition) is 1. The number of benzene rings is 1. The van der Waals surface area contributed by atoms with Gasteiger partial charge in [-0.1, -0.05) is 6.07 Å². The van der Waals surface area contributed by atoms with E-state index >= 15 is 0 Å². The first kappa shape index (κ1) is 25.8. The normalized spacial score (nSPS) is 31.4. The summed E-state index contributed by atoms with van der Waals surface area (Å²) in [5, 5.41) is 2.82. The standard InChI is InChI=1S/C26H39N3O5S/c1-17-16-28(26(31)27-21-6-5-7-22(15-21)34-3)25-14-20(10-13-24(25)29(17)18(2)30)19-8-11-23(12-9-19)35(4,32)33/h5-7,15,17,19-20,23-25H,8-14,16H2,1-4H3,(H,27,31)/t17-,19?,20?,23?,24?,25?/m0/s1. The van der Waals surface area contributed by atoms with Crippen molar-refractivity contribution in [2.24, 2.45) is 11.8 Å². The summed E-state index contributed by atoms with van der Waals surface area (Å²) in [7, 11) is -1.39. The highest BCUT2D eigenvalue weighted by molar-refractivity contribution is 7.91. The van der Waals surface area contributed by atoms with Crippen LogP contribution in [0.15, 0.2) is 24.3 Å². The second-order valence-corrected chi connectivity index (χ2v) is 13.0. The van der Waals surface area contributed by atoms with E-state index in [1.807, 2.05) is 34.9 Å². The molecule has 8 nitrogen and oxygen atoms in total. The predicted octanol–water partition coefficient (Wildman–Crippen LogP) is 3.92. The third kappa shape index (κ3) is 5.60. The van der Waals surface area contributed by atoms with Gasteiger partial charge < -0.3 is 19.9 Å². The maximum absolute atomic E-state index is 13.5. The van der Waals surface area contributed by atoms with Crippen LogP contribution in [0.1, 0.15) is 58.8 Å². The Labute approximate surface area is 209 Å². The number of anilines is 1. The third-order valence-electron chi connectivity index (χ3n) is 8.45. The molecule has 9 heteroatoms. The van der Waals surface area contributed by atoms with Crippen molar-refractivity contribution in [2.75, 3.05) is 25.2 Å². The lowest BCUT2D eigenvalue weighted by Gasteiger charge is -2.54. The first-order valence-corrected chi connectivity index (χ1v) is 14.7. The van der Waals surface area contributed by atoms with E-state index in [4.69, 9.17) is 4.74 Å². The molecule has 3 amide bonds. The highest BCUT2D eigenvalue weighted by Crippen LogP contribution is 2.43. The number of urea groups is 1. The Morgan fingerprint density at radius 1 is 1.03 bits per heavy atom. The van der Waals surface area contributed by atoms with Crippen molar-refractivity contribution in [3.63, 3.8) is 0 Å². The number of sulfone groups is 1. The number of ether oxygens (including phenoxy) is 1. The Balaban J connectivity index is 1.51. The molecule has 1 heterocycles. The van der Waals surface area contributed by atoms with Crippen molar-refractivity contribution < 1.29 is 22.7 Å². The van der Waals surface area contributed by atoms with Crippen LogP contribution in [0.3, 0.4) is 0 Å². The van der Waals surface area contributed by atoms with Crippen molar-refractivity contribution in [3.05, 3.63) is 24.3 Å². The van der Waals surface area contributed by atoms with E-state index in [1.165, 1.54) is 6.26 Å². The second kappa shape index (κ2) is 10.4. The van der Waals surface area contributed by atoms with Crippen molar-refractivity contribution >= 4 is 27.5 Å². The van der Waals surface area contributed by atoms with Gasteiger partial charge in [-0.25, -0.2) is 13.2 Å². The Bertz CT molecular complexity index is 1040. The SMILES string of the molecule is COc1cccc(NC(=O)N2C[C@H](C)N(C(C)=O)C3CCC(C4CCC(S(C)(=O)=O)CC4)CC32)c1. The van der Waals surface area contributed by atoms with Crippen molar-refractivity contribution in [1.82, 2.24) is 9.80 Å². The lowest BCUT2D eigenvalue weighted by molar-refractivity contribution is -0.141. The fraction of sp³-hybridized carbons (Fsp3) is 0.692. The fourth-order valence-electron chi connectivity index (χ4n) is 6.75. The molecule has 4 atom stereocenters. The zero-order chi connectivity index (χ0) is 25.3. The molecule has 3 unspecified atom stereocenters. The van der Waals surface area contributed by atoms with Crippen LogP contribution in [-0.4, -0.2) is 73.4 Å². The van der Waals surface area contributed by atoms with Gasteiger partial charge in [0.15, 0.2) is 0 Å². The monoisotopic (exact) mass is 505 g/mol. The minimum Gasteiger partial charge on any atom is -0.497 e. The third-order valence-corrected chi connectivity index (χ3v) is 10.1. The molecule has 2 saturated carbocycles. The van der Waals surface area contributed by atoms with Crippen LogP contribution < -0.4 is 10.1 Å². The number of nitrogens with zero attached hydrogens (tertiary/aromatic N) is 2. The molecule has 0 spiro atoms. The molecular weight excluding hydrogens is 466 g/mol. The van der Waals surface area contributed by atoms with E-state index in [0.717, 1.165) is 44.9 Å². The molecule has 3 aliphatic rings. The van der Waals surface area contributed by atoms with Gasteiger partial charge in [0.2, 0.25) is 5.91 Å². The lowest BCUT2D eigenvalue weighted by atomic mass is 9.69. The predicted molar refractivity (Wildman–Crippen MR) is 136 cm³/mol. The average Bonchev–Trinajstić information content (AvgIpc) is 2.82. The molecule has 194 valence electrons. The number of amides is 3. The molecule has 2 aliphatic carbocycles. The Hall–Kier alpha value is -2.29. The van der Waals surface area contributed by atoms with E-state index in [1.54, 1.807) is 20.1 Å². The Morgan fingerprint density at radius 3 is 2.34 bits per heavy atom. The fourth-order valence-corrected chi connectivity index (χ4v) is 7.87. The van der Waals surface area contributed by atoms with E-state index in [0.29, 0.717) is 29.8 Å². The number of rotatable bonds is 4. The largest absolute Gasteiger partial charge is 0.497 e. The molecule has 0 bridgehead atoms. The van der Waals surface area contributed by atoms with Gasteiger partial charge in [-0.3, -0.25) is 4.79 Å². The number of nitrogens with one attached hydrogen (secondary N) is 1. The lowest BCUT2D eigenvalue weighted by Crippen LogP contribution is -2.67. The molecule has 3 fully saturated rings. The highest BCUT2D eigenvalue weighted by Gasteiger charge is 2.47. The van der Waals surface area contributed by atoms with Crippen LogP contribution in [0, 0.1) is 11.8 Å². The van der Waals surface area contributed by atoms with E-state index in [2.05, 4.69) is 5.32 Å². The quantitative estimate of drug-likeness (QED) is 0.669. The van der Waals surface area contributed by atoms with Crippen LogP contribution in [0.2, 0.25) is 0 Å². The molecular formula is C26H39N3O5S. The van der Waals surface area contributed by atoms with Crippen molar-refractivity contribution in [1.29, 1.82) is 0 Å². The number of hydrogen-bond acceptors (Lipinski definition) is 5. The number of piperazine rings is 1. The molecule has 1 saturated heterocycles. The van der Waals surface area contributed by atoms with E-state index in [-0.39, 0.29) is 35.3 Å². The minimum absolute atomic E-state index is 0.0101. The van der Waals surface area contributed by atoms with Crippen LogP contribution in [0.5, 0.6) is 5.75 Å². The Morgan fingerprint density at radius 2 is 1.71 bits per heavy atom. The van der Waals surface area contributed by atoms with Gasteiger partial charge in [0.25, 0.3) is 0 Å². The zero-order valence-corrected chi connectivity index (χ0v) is 22.1. The second-order valence-electron chi connectivity index (χ2n) is 10.7. The highest BCUT2D eigenvalue weighted by atomic mass is 32.2. The van der Waals surface area contributed by atoms with Gasteiger partial charge in [-0.2, -0.15) is 0 Å². The number of fused-ring (bicyclic) bond motifs is 1. The molecule has 0 aromatic heterocycles. The van der Waals surface area contributed by atoms with Gasteiger partial charge in [0, 0.05) is 37.5 Å². The van der Waals surface area contributed by atoms with Crippen LogP contribution in [-0.2, 0) is 14.6 Å². The molecule has 0 radical (unpaired) electrons. The average molecular weight is 506 g/mol. The summed E-state index contributed by atoms with van der Waals surface area (Å²) in [6.45, 7) is 4.13. The molecule has 1 aromatic carbocycles. The maximum atomic E-state index is 13.5. The molecule has 1 aliphatic heterocycles. The summed E-state index contributed by atoms with van der Waals surface area (Å²) in [4.78, 5) is 30.0. The summed E-state index contributed by atoms with van der Waals surface area (Å²) >= 11 is 0. The zero-order valence-electron chi connectivity index (χ0n) is 21.3. The van der Waals surface area contributed by atoms with Gasteiger partial charge in [0.05, 0.1) is 24.4 Å². The van der Waals surface area contributed by atoms with Crippen LogP contribution in [0.25, 0.3) is 0 Å². The summed E-state index contributed by atoms with van der Waals surface area (Å²) in [5.41, 5.74) is 0.680. The molecule has 4 rings (SSSR count). The van der Waals surface area contributed by atoms with Crippen molar-refractivity contribution in [2.45, 2.75) is 82.2 Å².